The lowest BCUT2D eigenvalue weighted by Crippen LogP contribution is -2.46. The van der Waals surface area contributed by atoms with Gasteiger partial charge in [-0.05, 0) is 43.3 Å². The summed E-state index contributed by atoms with van der Waals surface area (Å²) in [6, 6.07) is 17.0. The summed E-state index contributed by atoms with van der Waals surface area (Å²) in [6.07, 6.45) is -2.75. The smallest absolute Gasteiger partial charge is 0.497 e. The van der Waals surface area contributed by atoms with Crippen molar-refractivity contribution in [2.24, 2.45) is 0 Å². The van der Waals surface area contributed by atoms with Gasteiger partial charge in [-0.3, -0.25) is 14.6 Å². The molecule has 4 atom stereocenters. The lowest BCUT2D eigenvalue weighted by Gasteiger charge is -2.34. The highest BCUT2D eigenvalue weighted by molar-refractivity contribution is 5.94. The number of aliphatic hydroxyl groups is 1. The van der Waals surface area contributed by atoms with Crippen LogP contribution in [-0.4, -0.2) is 55.6 Å². The molecule has 50 heavy (non-hydrogen) atoms. The molecule has 14 heteroatoms. The monoisotopic (exact) mass is 689 g/mol. The van der Waals surface area contributed by atoms with E-state index in [2.05, 4.69) is 25.1 Å². The van der Waals surface area contributed by atoms with Crippen molar-refractivity contribution >= 4 is 11.8 Å². The number of hydrogen-bond acceptors (Lipinski definition) is 10. The molecule has 7 rings (SSSR count). The zero-order valence-electron chi connectivity index (χ0n) is 27.2. The minimum atomic E-state index is -3.81. The maximum atomic E-state index is 14.0. The molecule has 0 aliphatic carbocycles. The number of nitrogens with one attached hydrogen (secondary N) is 2. The minimum Gasteiger partial charge on any atom is -0.497 e. The number of carbonyl (C=O) groups is 2. The number of methoxy groups -OCH3 is 2. The number of carbonyl (C=O) groups excluding carboxylic acids is 2. The van der Waals surface area contributed by atoms with Gasteiger partial charge in [-0.15, -0.1) is 8.78 Å². The zero-order chi connectivity index (χ0) is 35.2. The van der Waals surface area contributed by atoms with E-state index in [1.807, 2.05) is 0 Å². The quantitative estimate of drug-likeness (QED) is 0.222. The Kier molecular flexibility index (Phi) is 8.34. The van der Waals surface area contributed by atoms with Crippen molar-refractivity contribution in [3.63, 3.8) is 0 Å². The first-order chi connectivity index (χ1) is 24.0. The third-order valence-corrected chi connectivity index (χ3v) is 9.12. The number of para-hydroxylation sites is 1. The second-order valence-electron chi connectivity index (χ2n) is 12.3. The van der Waals surface area contributed by atoms with Crippen molar-refractivity contribution in [2.75, 3.05) is 27.4 Å². The Hall–Kier alpha value is -5.63. The predicted octanol–water partition coefficient (Wildman–Crippen LogP) is 4.92. The predicted molar refractivity (Wildman–Crippen MR) is 172 cm³/mol. The van der Waals surface area contributed by atoms with Crippen LogP contribution in [0.1, 0.15) is 64.3 Å². The highest BCUT2D eigenvalue weighted by Crippen LogP contribution is 2.50. The van der Waals surface area contributed by atoms with Crippen LogP contribution >= 0.6 is 0 Å². The third-order valence-electron chi connectivity index (χ3n) is 9.12. The minimum absolute atomic E-state index is 0.0329. The Morgan fingerprint density at radius 2 is 1.78 bits per heavy atom. The molecule has 12 nitrogen and oxygen atoms in total. The molecule has 0 fully saturated rings. The first-order valence-corrected chi connectivity index (χ1v) is 15.7. The van der Waals surface area contributed by atoms with Gasteiger partial charge in [0, 0.05) is 41.4 Å². The van der Waals surface area contributed by atoms with Crippen LogP contribution in [0.25, 0.3) is 0 Å². The van der Waals surface area contributed by atoms with Gasteiger partial charge >= 0.3 is 6.29 Å². The molecule has 3 aliphatic heterocycles. The molecule has 0 bridgehead atoms. The van der Waals surface area contributed by atoms with Crippen LogP contribution in [0.4, 0.5) is 8.78 Å². The molecule has 3 aliphatic rings. The fourth-order valence-electron chi connectivity index (χ4n) is 6.37. The molecule has 0 saturated heterocycles. The largest absolute Gasteiger partial charge is 0.586 e. The number of halogens is 2. The maximum absolute atomic E-state index is 14.0. The van der Waals surface area contributed by atoms with Gasteiger partial charge in [-0.1, -0.05) is 18.2 Å². The van der Waals surface area contributed by atoms with E-state index in [0.29, 0.717) is 39.6 Å². The van der Waals surface area contributed by atoms with Crippen LogP contribution in [-0.2, 0) is 10.2 Å². The van der Waals surface area contributed by atoms with Crippen molar-refractivity contribution in [1.29, 1.82) is 0 Å². The van der Waals surface area contributed by atoms with Crippen molar-refractivity contribution in [3.05, 3.63) is 101 Å². The number of amides is 2. The highest BCUT2D eigenvalue weighted by Gasteiger charge is 2.49. The van der Waals surface area contributed by atoms with E-state index < -0.39 is 41.7 Å². The molecule has 1 unspecified atom stereocenters. The highest BCUT2D eigenvalue weighted by atomic mass is 19.3. The van der Waals surface area contributed by atoms with Gasteiger partial charge in [0.25, 0.3) is 5.91 Å². The van der Waals surface area contributed by atoms with Crippen LogP contribution in [0.3, 0.4) is 0 Å². The standard InChI is InChI=1S/C36H33F2N3O9/c1-35(18-47-29-15-32-31(13-23(29)35)49-36(37,38)50-32)34(44)41-25-14-30(48-28-12-20(45-2)9-10-22(25)28)24-11-8-19(16-39-24)33(43)40-26(17-42)21-6-4-5-7-27(21)46-3/h4-13,15-16,25-26,30,42H,14,17-18H2,1-3H3,(H,40,43)(H,41,44)/t25-,26?,30-,35+/m1/s1. The van der Waals surface area contributed by atoms with Gasteiger partial charge in [0.15, 0.2) is 11.5 Å². The van der Waals surface area contributed by atoms with E-state index in [0.717, 1.165) is 0 Å². The molecular weight excluding hydrogens is 656 g/mol. The molecule has 0 saturated carbocycles. The molecule has 4 aromatic rings. The van der Waals surface area contributed by atoms with Crippen LogP contribution < -0.4 is 39.1 Å². The molecule has 3 aromatic carbocycles. The number of pyridine rings is 1. The van der Waals surface area contributed by atoms with Gasteiger partial charge in [0.1, 0.15) is 41.1 Å². The van der Waals surface area contributed by atoms with E-state index in [-0.39, 0.29) is 42.4 Å². The second kappa shape index (κ2) is 12.7. The Labute approximate surface area is 285 Å². The van der Waals surface area contributed by atoms with E-state index in [1.54, 1.807) is 61.5 Å². The lowest BCUT2D eigenvalue weighted by atomic mass is 9.82. The summed E-state index contributed by atoms with van der Waals surface area (Å²) in [5.74, 6) is 0.589. The second-order valence-corrected chi connectivity index (χ2v) is 12.3. The van der Waals surface area contributed by atoms with Gasteiger partial charge < -0.3 is 44.2 Å². The molecule has 4 heterocycles. The Bertz CT molecular complexity index is 1960. The molecule has 1 aromatic heterocycles. The number of rotatable bonds is 9. The number of fused-ring (bicyclic) bond motifs is 3. The Morgan fingerprint density at radius 3 is 2.50 bits per heavy atom. The van der Waals surface area contributed by atoms with Crippen LogP contribution in [0, 0.1) is 0 Å². The maximum Gasteiger partial charge on any atom is 0.586 e. The third kappa shape index (κ3) is 5.95. The first-order valence-electron chi connectivity index (χ1n) is 15.7. The summed E-state index contributed by atoms with van der Waals surface area (Å²) in [7, 11) is 3.04. The molecule has 260 valence electrons. The topological polar surface area (TPSA) is 147 Å². The van der Waals surface area contributed by atoms with Gasteiger partial charge in [-0.25, -0.2) is 0 Å². The fraction of sp³-hybridized carbons (Fsp3) is 0.306. The van der Waals surface area contributed by atoms with E-state index in [4.69, 9.17) is 18.9 Å². The average Bonchev–Trinajstić information content (AvgIpc) is 3.62. The molecule has 0 radical (unpaired) electrons. The fourth-order valence-corrected chi connectivity index (χ4v) is 6.37. The van der Waals surface area contributed by atoms with Crippen LogP contribution in [0.2, 0.25) is 0 Å². The lowest BCUT2D eigenvalue weighted by molar-refractivity contribution is -0.286. The Morgan fingerprint density at radius 1 is 1.00 bits per heavy atom. The Balaban J connectivity index is 1.11. The zero-order valence-corrected chi connectivity index (χ0v) is 27.2. The summed E-state index contributed by atoms with van der Waals surface area (Å²) in [5, 5.41) is 16.0. The number of nitrogens with zero attached hydrogens (tertiary/aromatic N) is 1. The van der Waals surface area contributed by atoms with Crippen molar-refractivity contribution in [3.8, 4) is 34.5 Å². The number of alkyl halides is 2. The van der Waals surface area contributed by atoms with Gasteiger partial charge in [0.2, 0.25) is 5.91 Å². The average molecular weight is 690 g/mol. The molecule has 3 N–H and O–H groups in total. The summed E-state index contributed by atoms with van der Waals surface area (Å²) < 4.78 is 59.6. The van der Waals surface area contributed by atoms with Crippen LogP contribution in [0.5, 0.6) is 34.5 Å². The SMILES string of the molecule is COc1ccc2c(c1)O[C@@H](c1ccc(C(=O)NC(CO)c3ccccc3OC)cn1)C[C@H]2NC(=O)[C@@]1(C)COc2cc3c(cc21)OC(F)(F)O3. The molecule has 0 spiro atoms. The summed E-state index contributed by atoms with van der Waals surface area (Å²) in [6.45, 7) is 1.29. The van der Waals surface area contributed by atoms with Crippen molar-refractivity contribution < 1.29 is 51.9 Å². The number of aromatic nitrogens is 1. The van der Waals surface area contributed by atoms with Crippen molar-refractivity contribution in [1.82, 2.24) is 15.6 Å². The number of ether oxygens (including phenoxy) is 6. The van der Waals surface area contributed by atoms with E-state index in [9.17, 15) is 23.5 Å². The summed E-state index contributed by atoms with van der Waals surface area (Å²) in [5.41, 5.74) is 1.24. The number of hydrogen-bond donors (Lipinski definition) is 3. The number of aliphatic hydroxyl groups excluding tert-OH is 1. The van der Waals surface area contributed by atoms with Gasteiger partial charge in [-0.2, -0.15) is 0 Å². The molecule has 2 amide bonds. The van der Waals surface area contributed by atoms with Crippen LogP contribution in [0.15, 0.2) is 72.9 Å². The van der Waals surface area contributed by atoms with E-state index in [1.165, 1.54) is 32.5 Å². The normalized spacial score (nSPS) is 21.5. The first kappa shape index (κ1) is 32.9. The number of benzene rings is 3. The van der Waals surface area contributed by atoms with Crippen molar-refractivity contribution in [2.45, 2.75) is 43.2 Å². The van der Waals surface area contributed by atoms with E-state index >= 15 is 0 Å². The summed E-state index contributed by atoms with van der Waals surface area (Å²) in [4.78, 5) is 31.7. The molecular formula is C36H33F2N3O9. The van der Waals surface area contributed by atoms with Gasteiger partial charge in [0.05, 0.1) is 44.2 Å². The summed E-state index contributed by atoms with van der Waals surface area (Å²) >= 11 is 0.